The number of hydrogen-bond acceptors (Lipinski definition) is 4. The van der Waals surface area contributed by atoms with Gasteiger partial charge in [0.05, 0.1) is 21.0 Å². The van der Waals surface area contributed by atoms with Crippen LogP contribution >= 0.6 is 34.5 Å². The Hall–Kier alpha value is -0.520. The van der Waals surface area contributed by atoms with Crippen molar-refractivity contribution in [3.63, 3.8) is 0 Å². The minimum atomic E-state index is -0.0950. The maximum absolute atomic E-state index is 6.07. The van der Waals surface area contributed by atoms with Gasteiger partial charge in [0.15, 0.2) is 0 Å². The van der Waals surface area contributed by atoms with Crippen LogP contribution in [-0.4, -0.2) is 0 Å². The molecular formula is C10H10Cl2N2OS. The van der Waals surface area contributed by atoms with Crippen molar-refractivity contribution in [2.45, 2.75) is 12.5 Å². The molecule has 1 atom stereocenters. The van der Waals surface area contributed by atoms with Gasteiger partial charge in [-0.1, -0.05) is 23.2 Å². The number of halogens is 2. The molecule has 1 unspecified atom stereocenters. The molecule has 0 aliphatic heterocycles. The van der Waals surface area contributed by atoms with E-state index >= 15 is 0 Å². The van der Waals surface area contributed by atoms with Crippen LogP contribution in [0.2, 0.25) is 8.67 Å². The summed E-state index contributed by atoms with van der Waals surface area (Å²) in [5.41, 5.74) is 3.61. The predicted octanol–water partition coefficient (Wildman–Crippen LogP) is 3.40. The standard InChI is InChI=1S/C10H10Cl2N2OS/c11-9-5-7(10(12)16-9)8(14-13)4-6-2-1-3-15-6/h1-3,5,8,14H,4,13H2. The highest BCUT2D eigenvalue weighted by Gasteiger charge is 2.17. The Morgan fingerprint density at radius 1 is 1.50 bits per heavy atom. The van der Waals surface area contributed by atoms with E-state index in [2.05, 4.69) is 5.43 Å². The molecule has 6 heteroatoms. The Balaban J connectivity index is 2.19. The van der Waals surface area contributed by atoms with Crippen molar-refractivity contribution in [3.8, 4) is 0 Å². The van der Waals surface area contributed by atoms with Crippen LogP contribution in [0.4, 0.5) is 0 Å². The van der Waals surface area contributed by atoms with Crippen LogP contribution in [0.15, 0.2) is 28.9 Å². The van der Waals surface area contributed by atoms with E-state index < -0.39 is 0 Å². The average molecular weight is 277 g/mol. The maximum Gasteiger partial charge on any atom is 0.105 e. The first kappa shape index (κ1) is 12.0. The molecule has 0 amide bonds. The second-order valence-electron chi connectivity index (χ2n) is 3.28. The molecule has 0 aliphatic carbocycles. The SMILES string of the molecule is NNC(Cc1ccco1)c1cc(Cl)sc1Cl. The zero-order chi connectivity index (χ0) is 11.5. The fourth-order valence-electron chi connectivity index (χ4n) is 1.48. The van der Waals surface area contributed by atoms with E-state index in [-0.39, 0.29) is 6.04 Å². The van der Waals surface area contributed by atoms with E-state index in [4.69, 9.17) is 33.5 Å². The van der Waals surface area contributed by atoms with E-state index in [1.807, 2.05) is 18.2 Å². The van der Waals surface area contributed by atoms with Gasteiger partial charge >= 0.3 is 0 Å². The summed E-state index contributed by atoms with van der Waals surface area (Å²) < 4.78 is 6.57. The van der Waals surface area contributed by atoms with Crippen molar-refractivity contribution < 1.29 is 4.42 Å². The van der Waals surface area contributed by atoms with Gasteiger partial charge < -0.3 is 4.42 Å². The predicted molar refractivity (Wildman–Crippen MR) is 66.8 cm³/mol. The van der Waals surface area contributed by atoms with Crippen molar-refractivity contribution in [1.29, 1.82) is 0 Å². The topological polar surface area (TPSA) is 51.2 Å². The van der Waals surface area contributed by atoms with Gasteiger partial charge in [0.2, 0.25) is 0 Å². The molecule has 0 aliphatic rings. The molecule has 3 nitrogen and oxygen atoms in total. The van der Waals surface area contributed by atoms with Crippen LogP contribution in [0, 0.1) is 0 Å². The third kappa shape index (κ3) is 2.59. The molecule has 0 spiro atoms. The van der Waals surface area contributed by atoms with Gasteiger partial charge in [-0.15, -0.1) is 11.3 Å². The zero-order valence-electron chi connectivity index (χ0n) is 8.24. The number of thiophene rings is 1. The monoisotopic (exact) mass is 276 g/mol. The van der Waals surface area contributed by atoms with Crippen LogP contribution in [-0.2, 0) is 6.42 Å². The highest BCUT2D eigenvalue weighted by Crippen LogP contribution is 2.35. The van der Waals surface area contributed by atoms with E-state index in [0.29, 0.717) is 15.1 Å². The molecule has 0 saturated heterocycles. The number of hydrogen-bond donors (Lipinski definition) is 2. The Kier molecular flexibility index (Phi) is 3.89. The molecule has 3 N–H and O–H groups in total. The van der Waals surface area contributed by atoms with Crippen LogP contribution in [0.3, 0.4) is 0 Å². The quantitative estimate of drug-likeness (QED) is 0.665. The second-order valence-corrected chi connectivity index (χ2v) is 5.57. The van der Waals surface area contributed by atoms with Gasteiger partial charge in [0.1, 0.15) is 5.76 Å². The Morgan fingerprint density at radius 2 is 2.31 bits per heavy atom. The first-order chi connectivity index (χ1) is 7.70. The van der Waals surface area contributed by atoms with Crippen LogP contribution in [0.1, 0.15) is 17.4 Å². The van der Waals surface area contributed by atoms with E-state index in [9.17, 15) is 0 Å². The number of hydrazine groups is 1. The lowest BCUT2D eigenvalue weighted by molar-refractivity contribution is 0.455. The highest BCUT2D eigenvalue weighted by atomic mass is 35.5. The largest absolute Gasteiger partial charge is 0.469 e. The summed E-state index contributed by atoms with van der Waals surface area (Å²) in [6, 6.07) is 5.46. The number of nitrogens with one attached hydrogen (secondary N) is 1. The fraction of sp³-hybridized carbons (Fsp3) is 0.200. The smallest absolute Gasteiger partial charge is 0.105 e. The molecule has 0 saturated carbocycles. The van der Waals surface area contributed by atoms with Crippen molar-refractivity contribution >= 4 is 34.5 Å². The third-order valence-corrected chi connectivity index (χ3v) is 3.76. The lowest BCUT2D eigenvalue weighted by Gasteiger charge is -2.13. The van der Waals surface area contributed by atoms with Gasteiger partial charge in [0, 0.05) is 12.0 Å². The third-order valence-electron chi connectivity index (χ3n) is 2.25. The van der Waals surface area contributed by atoms with Crippen molar-refractivity contribution in [2.24, 2.45) is 5.84 Å². The van der Waals surface area contributed by atoms with Gasteiger partial charge in [-0.05, 0) is 18.2 Å². The van der Waals surface area contributed by atoms with E-state index in [1.165, 1.54) is 11.3 Å². The number of nitrogens with two attached hydrogens (primary N) is 1. The average Bonchev–Trinajstić information content (AvgIpc) is 2.85. The fourth-order valence-corrected chi connectivity index (χ4v) is 3.06. The molecule has 2 aromatic rings. The molecular weight excluding hydrogens is 267 g/mol. The van der Waals surface area contributed by atoms with Gasteiger partial charge in [-0.25, -0.2) is 0 Å². The highest BCUT2D eigenvalue weighted by molar-refractivity contribution is 7.20. The number of rotatable bonds is 4. The minimum Gasteiger partial charge on any atom is -0.469 e. The molecule has 0 bridgehead atoms. The summed E-state index contributed by atoms with van der Waals surface area (Å²) in [6.45, 7) is 0. The number of furan rings is 1. The molecule has 16 heavy (non-hydrogen) atoms. The van der Waals surface area contributed by atoms with Crippen LogP contribution < -0.4 is 11.3 Å². The summed E-state index contributed by atoms with van der Waals surface area (Å²) in [5.74, 6) is 6.36. The first-order valence-corrected chi connectivity index (χ1v) is 6.21. The van der Waals surface area contributed by atoms with Crippen LogP contribution in [0.5, 0.6) is 0 Å². The van der Waals surface area contributed by atoms with E-state index in [0.717, 1.165) is 11.3 Å². The van der Waals surface area contributed by atoms with Crippen molar-refractivity contribution in [2.75, 3.05) is 0 Å². The Morgan fingerprint density at radius 3 is 2.81 bits per heavy atom. The molecule has 2 heterocycles. The van der Waals surface area contributed by atoms with Crippen molar-refractivity contribution in [3.05, 3.63) is 44.5 Å². The van der Waals surface area contributed by atoms with Crippen molar-refractivity contribution in [1.82, 2.24) is 5.43 Å². The zero-order valence-corrected chi connectivity index (χ0v) is 10.6. The van der Waals surface area contributed by atoms with E-state index in [1.54, 1.807) is 6.26 Å². The summed E-state index contributed by atoms with van der Waals surface area (Å²) in [4.78, 5) is 0. The Bertz CT molecular complexity index is 455. The summed E-state index contributed by atoms with van der Waals surface area (Å²) >= 11 is 13.3. The van der Waals surface area contributed by atoms with Gasteiger partial charge in [-0.2, -0.15) is 0 Å². The minimum absolute atomic E-state index is 0.0950. The molecule has 0 aromatic carbocycles. The Labute approximate surface area is 107 Å². The summed E-state index contributed by atoms with van der Waals surface area (Å²) in [5, 5.41) is 0. The first-order valence-electron chi connectivity index (χ1n) is 4.64. The molecule has 2 aromatic heterocycles. The summed E-state index contributed by atoms with van der Waals surface area (Å²) in [6.07, 6.45) is 2.27. The van der Waals surface area contributed by atoms with Gasteiger partial charge in [0.25, 0.3) is 0 Å². The second kappa shape index (κ2) is 5.21. The normalized spacial score (nSPS) is 12.9. The molecule has 0 fully saturated rings. The van der Waals surface area contributed by atoms with Crippen LogP contribution in [0.25, 0.3) is 0 Å². The van der Waals surface area contributed by atoms with Gasteiger partial charge in [-0.3, -0.25) is 11.3 Å². The molecule has 86 valence electrons. The lowest BCUT2D eigenvalue weighted by atomic mass is 10.1. The summed E-state index contributed by atoms with van der Waals surface area (Å²) in [7, 11) is 0. The molecule has 2 rings (SSSR count). The lowest BCUT2D eigenvalue weighted by Crippen LogP contribution is -2.29. The maximum atomic E-state index is 6.07. The molecule has 0 radical (unpaired) electrons.